The molecule has 0 unspecified atom stereocenters. The van der Waals surface area contributed by atoms with Gasteiger partial charge in [0.1, 0.15) is 54.7 Å². The smallest absolute Gasteiger partial charge is 0.251 e. The van der Waals surface area contributed by atoms with Crippen LogP contribution in [0.5, 0.6) is 34.9 Å². The van der Waals surface area contributed by atoms with Gasteiger partial charge in [-0.3, -0.25) is 44.0 Å². The fraction of sp³-hybridized carbons (Fsp3) is 0.415. The summed E-state index contributed by atoms with van der Waals surface area (Å²) in [6.45, 7) is 23.7. The highest BCUT2D eigenvalue weighted by atomic mass is 28.3. The van der Waals surface area contributed by atoms with E-state index in [2.05, 4.69) is 114 Å². The van der Waals surface area contributed by atoms with E-state index in [-0.39, 0.29) is 31.2 Å². The first kappa shape index (κ1) is 88.5. The van der Waals surface area contributed by atoms with Crippen LogP contribution in [0.15, 0.2) is 183 Å². The number of hydrogen-bond donors (Lipinski definition) is 4. The summed E-state index contributed by atoms with van der Waals surface area (Å²) in [6.07, 6.45) is 20.5. The summed E-state index contributed by atoms with van der Waals surface area (Å²) in [5.74, 6) is 3.36. The molecule has 14 heterocycles. The molecule has 0 radical (unpaired) electrons. The molecular formula is C94H115N17O12Si2. The maximum Gasteiger partial charge on any atom is 0.251 e. The summed E-state index contributed by atoms with van der Waals surface area (Å²) in [5, 5.41) is 47.4. The molecule has 9 aromatic heterocycles. The fourth-order valence-corrected chi connectivity index (χ4v) is 18.1. The second-order valence-corrected chi connectivity index (χ2v) is 46.6. The highest BCUT2D eigenvalue weighted by Gasteiger charge is 2.39. The zero-order valence-corrected chi connectivity index (χ0v) is 74.1. The number of hydrogen-bond acceptors (Lipinski definition) is 23. The quantitative estimate of drug-likeness (QED) is 0.0211. The lowest BCUT2D eigenvalue weighted by Crippen LogP contribution is -2.46. The lowest BCUT2D eigenvalue weighted by Gasteiger charge is -2.36. The van der Waals surface area contributed by atoms with Gasteiger partial charge in [-0.2, -0.15) is 15.3 Å². The molecule has 0 bridgehead atoms. The summed E-state index contributed by atoms with van der Waals surface area (Å²) in [5.41, 5.74) is 10.7. The second kappa shape index (κ2) is 41.2. The molecule has 1 aliphatic carbocycles. The number of piperidine rings is 2. The molecule has 12 aromatic rings. The van der Waals surface area contributed by atoms with Crippen LogP contribution < -0.4 is 14.2 Å². The molecule has 125 heavy (non-hydrogen) atoms. The Morgan fingerprint density at radius 3 is 1.20 bits per heavy atom. The van der Waals surface area contributed by atoms with Crippen LogP contribution in [0.1, 0.15) is 100 Å². The number of aromatic nitrogens is 12. The minimum atomic E-state index is -1.13. The maximum atomic E-state index is 12.2. The number of H-pyrrole nitrogens is 1. The van der Waals surface area contributed by atoms with E-state index < -0.39 is 34.5 Å². The number of rotatable bonds is 27. The SMILES string of the molecule is C[Si](C)(C)CCOCn1nccc1-c1ccc(Oc2ccc3nc(C=O)ccc3c2)nc1.C[Si](C)(C)CCOCn1nccc1-c1ccc(Oc2ccc3nc(CN4CCC(N5CC[C@H](O)C5=O)CC4)ccc3c2)nc1.O=C1[C@@H](O)CCN1C1CCCCC1.O=C1[C@@H](O)CCN1C1CCN(Cc2ccc3cc(Oc4ccc(-c5ccn[nH]5)cn4)ccc3n2)CC1.[2HH]. The number of fused-ring (bicyclic) bond motifs is 3. The van der Waals surface area contributed by atoms with Gasteiger partial charge in [-0.15, -0.1) is 0 Å². The number of aliphatic hydroxyl groups excluding tert-OH is 3. The van der Waals surface area contributed by atoms with E-state index in [1.165, 1.54) is 19.3 Å². The monoisotopic (exact) mass is 1730 g/mol. The Bertz CT molecular complexity index is 5600. The van der Waals surface area contributed by atoms with Gasteiger partial charge in [0.05, 0.1) is 45.0 Å². The van der Waals surface area contributed by atoms with Crippen molar-refractivity contribution in [2.45, 2.75) is 191 Å². The van der Waals surface area contributed by atoms with Gasteiger partial charge in [-0.1, -0.05) is 76.7 Å². The van der Waals surface area contributed by atoms with Crippen LogP contribution in [0, 0.1) is 0 Å². The van der Waals surface area contributed by atoms with Gasteiger partial charge in [0, 0.05) is 196 Å². The van der Waals surface area contributed by atoms with Gasteiger partial charge in [-0.05, 0) is 179 Å². The Labute approximate surface area is 731 Å². The molecule has 5 aliphatic heterocycles. The molecule has 6 aliphatic rings. The number of amides is 3. The van der Waals surface area contributed by atoms with Gasteiger partial charge < -0.3 is 53.7 Å². The van der Waals surface area contributed by atoms with E-state index in [0.717, 1.165) is 194 Å². The zero-order chi connectivity index (χ0) is 87.0. The standard InChI is InChI=1S/C33H42N6O4Si.C27H28N6O3.C24H26N4O3Si.C10H17NO2.H2/c1-44(2,3)19-18-42-23-39-30(10-14-35-39)25-5-9-32(34-21-25)43-28-7-8-29-24(20-28)4-6-26(36-29)22-37-15-11-27(12-16-37)38-17-13-31(40)33(38)41;34-25-10-14-33(27(25)35)21-8-12-32(13-9-21)17-20-3-1-18-15-22(4-5-23(18)30-20)36-26-6-2-19(16-28-26)24-7-11-29-31-24;1-32(2,3)13-12-30-17-28-23(10-11-26-28)19-5-9-24(25-15-19)31-21-7-8-22-18(14-21)4-6-20(16-29)27-22;12-9-6-7-11(10(9)13)8-4-2-1-3-5-8;/h4-10,14,20-21,27,31,40H,11-13,15-19,22-23H2,1-3H3;1-7,11,15-16,21,25,34H,8-10,12-14,17H2,(H,29,31);4-11,14-16H,12-13,17H2,1-3H3;8-9,12H,1-7H2;1H/t31-;25-;;9-;/m00.0./s1/i;;;;1+1. The first-order valence-corrected chi connectivity index (χ1v) is 51.1. The first-order valence-electron chi connectivity index (χ1n) is 43.7. The van der Waals surface area contributed by atoms with Crippen molar-refractivity contribution in [1.29, 1.82) is 0 Å². The van der Waals surface area contributed by atoms with Crippen LogP contribution in [-0.2, 0) is 50.4 Å². The summed E-state index contributed by atoms with van der Waals surface area (Å²) in [7, 11) is -2.24. The molecule has 31 heteroatoms. The average Bonchev–Trinajstić information content (AvgIpc) is 1.73. The molecule has 4 N–H and O–H groups in total. The molecule has 6 fully saturated rings. The Kier molecular flexibility index (Phi) is 29.1. The fourth-order valence-electron chi connectivity index (χ4n) is 16.6. The van der Waals surface area contributed by atoms with Gasteiger partial charge in [0.15, 0.2) is 6.29 Å². The molecule has 656 valence electrons. The first-order chi connectivity index (χ1) is 60.5. The van der Waals surface area contributed by atoms with Crippen molar-refractivity contribution >= 4 is 72.9 Å². The van der Waals surface area contributed by atoms with E-state index in [1.54, 1.807) is 43.2 Å². The van der Waals surface area contributed by atoms with Gasteiger partial charge in [0.25, 0.3) is 17.7 Å². The van der Waals surface area contributed by atoms with Crippen molar-refractivity contribution in [3.63, 3.8) is 0 Å². The summed E-state index contributed by atoms with van der Waals surface area (Å²) in [4.78, 5) is 84.5. The second-order valence-electron chi connectivity index (χ2n) is 35.4. The maximum absolute atomic E-state index is 12.2. The van der Waals surface area contributed by atoms with Crippen molar-refractivity contribution in [2.75, 3.05) is 59.0 Å². The largest absolute Gasteiger partial charge is 0.439 e. The number of nitrogens with one attached hydrogen (secondary N) is 1. The number of nitrogens with zero attached hydrogens (tertiary/aromatic N) is 16. The van der Waals surface area contributed by atoms with Crippen molar-refractivity contribution in [3.8, 4) is 68.7 Å². The average molecular weight is 1730 g/mol. The van der Waals surface area contributed by atoms with Crippen LogP contribution in [0.3, 0.4) is 0 Å². The number of aldehydes is 1. The molecule has 0 spiro atoms. The van der Waals surface area contributed by atoms with Crippen molar-refractivity contribution in [2.24, 2.45) is 0 Å². The Morgan fingerprint density at radius 1 is 0.432 bits per heavy atom. The molecule has 29 nitrogen and oxygen atoms in total. The number of carbonyl (C=O) groups is 4. The van der Waals surface area contributed by atoms with E-state index >= 15 is 0 Å². The van der Waals surface area contributed by atoms with Crippen LogP contribution in [0.4, 0.5) is 0 Å². The van der Waals surface area contributed by atoms with Crippen LogP contribution in [-0.4, -0.2) is 235 Å². The molecule has 3 amide bonds. The molecule has 18 rings (SSSR count). The van der Waals surface area contributed by atoms with Gasteiger partial charge in [-0.25, -0.2) is 29.3 Å². The van der Waals surface area contributed by atoms with Crippen LogP contribution in [0.25, 0.3) is 66.5 Å². The zero-order valence-electron chi connectivity index (χ0n) is 72.1. The minimum absolute atomic E-state index is 0. The summed E-state index contributed by atoms with van der Waals surface area (Å²) in [6, 6.07) is 49.5. The summed E-state index contributed by atoms with van der Waals surface area (Å²) < 4.78 is 33.4. The minimum Gasteiger partial charge on any atom is -0.439 e. The third kappa shape index (κ3) is 23.8. The Balaban J connectivity index is 0.000000144. The molecule has 1 saturated carbocycles. The number of benzene rings is 3. The van der Waals surface area contributed by atoms with Gasteiger partial charge in [0.2, 0.25) is 17.6 Å². The lowest BCUT2D eigenvalue weighted by molar-refractivity contribution is -0.137. The number of pyridine rings is 6. The van der Waals surface area contributed by atoms with E-state index in [4.69, 9.17) is 33.7 Å². The third-order valence-corrected chi connectivity index (χ3v) is 27.2. The van der Waals surface area contributed by atoms with Gasteiger partial charge >= 0.3 is 0 Å². The lowest BCUT2D eigenvalue weighted by atomic mass is 9.94. The predicted octanol–water partition coefficient (Wildman–Crippen LogP) is 15.1. The number of carbonyl (C=O) groups excluding carboxylic acids is 4. The van der Waals surface area contributed by atoms with Crippen LogP contribution >= 0.6 is 0 Å². The number of likely N-dealkylation sites (tertiary alicyclic amines) is 5. The van der Waals surface area contributed by atoms with Crippen molar-refractivity contribution in [3.05, 3.63) is 200 Å². The van der Waals surface area contributed by atoms with E-state index in [1.807, 2.05) is 139 Å². The third-order valence-electron chi connectivity index (χ3n) is 23.8. The predicted molar refractivity (Wildman–Crippen MR) is 484 cm³/mol. The van der Waals surface area contributed by atoms with E-state index in [9.17, 15) is 34.5 Å². The molecule has 5 saturated heterocycles. The molecular weight excluding hydrogens is 1620 g/mol. The topological polar surface area (TPSA) is 333 Å². The number of aliphatic hydroxyl groups is 3. The van der Waals surface area contributed by atoms with Crippen molar-refractivity contribution < 1.29 is 59.6 Å². The van der Waals surface area contributed by atoms with E-state index in [0.29, 0.717) is 92.4 Å². The molecule has 3 aromatic carbocycles. The highest BCUT2D eigenvalue weighted by molar-refractivity contribution is 6.76. The Hall–Kier alpha value is -11.4. The normalized spacial score (nSPS) is 18.3. The van der Waals surface area contributed by atoms with Crippen molar-refractivity contribution in [1.82, 2.24) is 84.2 Å². The number of ether oxygens (including phenoxy) is 5. The highest BCUT2D eigenvalue weighted by Crippen LogP contribution is 2.34. The van der Waals surface area contributed by atoms with Crippen LogP contribution in [0.2, 0.25) is 51.4 Å². The molecule has 3 atom stereocenters. The number of aromatic amines is 1. The Morgan fingerprint density at radius 2 is 0.832 bits per heavy atom. The summed E-state index contributed by atoms with van der Waals surface area (Å²) >= 11 is 0.